The second kappa shape index (κ2) is 6.93. The molecule has 154 valence electrons. The number of aromatic amines is 1. The Morgan fingerprint density at radius 1 is 1.29 bits per heavy atom. The summed E-state index contributed by atoms with van der Waals surface area (Å²) >= 11 is 0. The Balaban J connectivity index is 1.63. The van der Waals surface area contributed by atoms with E-state index in [1.54, 1.807) is 0 Å². The summed E-state index contributed by atoms with van der Waals surface area (Å²) in [7, 11) is -0.594. The zero-order chi connectivity index (χ0) is 20.2. The molecule has 1 saturated carbocycles. The summed E-state index contributed by atoms with van der Waals surface area (Å²) in [6.07, 6.45) is 2.89. The van der Waals surface area contributed by atoms with Crippen LogP contribution in [0, 0.1) is 11.8 Å². The number of aromatic nitrogens is 2. The minimum Gasteiger partial charge on any atom is -0.332 e. The highest BCUT2D eigenvalue weighted by molar-refractivity contribution is 7.86. The third-order valence-corrected chi connectivity index (χ3v) is 8.01. The van der Waals surface area contributed by atoms with E-state index >= 15 is 0 Å². The van der Waals surface area contributed by atoms with Crippen molar-refractivity contribution < 1.29 is 13.2 Å². The Hall–Kier alpha value is -1.78. The Morgan fingerprint density at radius 3 is 2.64 bits per heavy atom. The van der Waals surface area contributed by atoms with Crippen molar-refractivity contribution in [1.82, 2.24) is 23.5 Å². The smallest absolute Gasteiger partial charge is 0.281 e. The van der Waals surface area contributed by atoms with Gasteiger partial charge in [-0.3, -0.25) is 9.59 Å². The SMILES string of the molecule is C[C@@H]1C[C@@H]1C(=O)N1CCC[C@H]1c1nc2c(c(=O)[nH]1)CCN(S(=O)(=O)N(C)C)C2. The van der Waals surface area contributed by atoms with Gasteiger partial charge in [0, 0.05) is 38.7 Å². The third kappa shape index (κ3) is 3.27. The van der Waals surface area contributed by atoms with Crippen LogP contribution >= 0.6 is 0 Å². The van der Waals surface area contributed by atoms with Crippen molar-refractivity contribution in [2.45, 2.75) is 45.2 Å². The molecule has 3 heterocycles. The fraction of sp³-hybridized carbons (Fsp3) is 0.722. The number of carbonyl (C=O) groups excluding carboxylic acids is 1. The molecule has 1 saturated heterocycles. The fourth-order valence-corrected chi connectivity index (χ4v) is 5.28. The molecule has 10 heteroatoms. The molecule has 2 aliphatic heterocycles. The van der Waals surface area contributed by atoms with Crippen molar-refractivity contribution in [2.75, 3.05) is 27.2 Å². The van der Waals surface area contributed by atoms with Gasteiger partial charge in [-0.05, 0) is 31.6 Å². The highest BCUT2D eigenvalue weighted by Crippen LogP contribution is 2.42. The number of rotatable bonds is 4. The molecule has 9 nitrogen and oxygen atoms in total. The van der Waals surface area contributed by atoms with Crippen LogP contribution in [0.4, 0.5) is 0 Å². The van der Waals surface area contributed by atoms with Crippen LogP contribution in [-0.4, -0.2) is 65.0 Å². The Bertz CT molecular complexity index is 957. The first-order valence-electron chi connectivity index (χ1n) is 9.80. The molecule has 1 aliphatic carbocycles. The Kier molecular flexibility index (Phi) is 4.83. The van der Waals surface area contributed by atoms with E-state index in [1.165, 1.54) is 22.7 Å². The highest BCUT2D eigenvalue weighted by atomic mass is 32.2. The predicted octanol–water partition coefficient (Wildman–Crippen LogP) is 0.254. The third-order valence-electron chi connectivity index (χ3n) is 6.12. The van der Waals surface area contributed by atoms with Gasteiger partial charge >= 0.3 is 0 Å². The maximum Gasteiger partial charge on any atom is 0.281 e. The van der Waals surface area contributed by atoms with Gasteiger partial charge in [-0.15, -0.1) is 0 Å². The molecule has 0 radical (unpaired) electrons. The van der Waals surface area contributed by atoms with Crippen LogP contribution in [-0.2, 0) is 28.0 Å². The first-order chi connectivity index (χ1) is 13.2. The monoisotopic (exact) mass is 409 g/mol. The summed E-state index contributed by atoms with van der Waals surface area (Å²) in [5.74, 6) is 1.14. The zero-order valence-corrected chi connectivity index (χ0v) is 17.3. The number of nitrogens with one attached hydrogen (secondary N) is 1. The van der Waals surface area contributed by atoms with Crippen LogP contribution in [0.3, 0.4) is 0 Å². The lowest BCUT2D eigenvalue weighted by Crippen LogP contribution is -2.44. The molecule has 1 amide bonds. The molecule has 1 aromatic rings. The van der Waals surface area contributed by atoms with Crippen molar-refractivity contribution in [2.24, 2.45) is 11.8 Å². The van der Waals surface area contributed by atoms with Crippen LogP contribution in [0.25, 0.3) is 0 Å². The minimum absolute atomic E-state index is 0.0765. The van der Waals surface area contributed by atoms with Gasteiger partial charge in [0.15, 0.2) is 0 Å². The molecule has 0 unspecified atom stereocenters. The normalized spacial score (nSPS) is 27.9. The number of hydrogen-bond acceptors (Lipinski definition) is 5. The summed E-state index contributed by atoms with van der Waals surface area (Å²) in [6, 6.07) is -0.237. The van der Waals surface area contributed by atoms with E-state index in [0.29, 0.717) is 36.0 Å². The highest BCUT2D eigenvalue weighted by Gasteiger charge is 2.45. The topological polar surface area (TPSA) is 107 Å². The molecule has 4 rings (SSSR count). The minimum atomic E-state index is -3.57. The molecule has 0 spiro atoms. The van der Waals surface area contributed by atoms with E-state index in [1.807, 2.05) is 4.90 Å². The second-order valence-corrected chi connectivity index (χ2v) is 10.4. The second-order valence-electron chi connectivity index (χ2n) is 8.26. The fourth-order valence-electron chi connectivity index (χ4n) is 4.21. The maximum atomic E-state index is 12.7. The lowest BCUT2D eigenvalue weighted by molar-refractivity contribution is -0.134. The molecular weight excluding hydrogens is 382 g/mol. The molecule has 3 atom stereocenters. The van der Waals surface area contributed by atoms with E-state index in [9.17, 15) is 18.0 Å². The van der Waals surface area contributed by atoms with Gasteiger partial charge in [-0.2, -0.15) is 17.0 Å². The first kappa shape index (κ1) is 19.5. The number of amides is 1. The largest absolute Gasteiger partial charge is 0.332 e. The van der Waals surface area contributed by atoms with E-state index in [-0.39, 0.29) is 36.5 Å². The standard InChI is InChI=1S/C18H27N5O4S/c1-11-9-13(11)18(25)23-7-4-5-15(23)16-19-14-10-22(28(26,27)21(2)3)8-6-12(14)17(24)20-16/h11,13,15H,4-10H2,1-3H3,(H,19,20,24)/t11-,13+,15+/m1/s1. The molecule has 28 heavy (non-hydrogen) atoms. The van der Waals surface area contributed by atoms with Gasteiger partial charge < -0.3 is 9.88 Å². The van der Waals surface area contributed by atoms with Crippen molar-refractivity contribution >= 4 is 16.1 Å². The molecule has 1 aromatic heterocycles. The number of carbonyl (C=O) groups is 1. The van der Waals surface area contributed by atoms with Gasteiger partial charge in [0.05, 0.1) is 18.3 Å². The van der Waals surface area contributed by atoms with E-state index in [0.717, 1.165) is 19.3 Å². The maximum absolute atomic E-state index is 12.7. The zero-order valence-electron chi connectivity index (χ0n) is 16.5. The molecule has 0 aromatic carbocycles. The molecule has 0 bridgehead atoms. The van der Waals surface area contributed by atoms with E-state index < -0.39 is 10.2 Å². The Labute approximate surface area is 164 Å². The summed E-state index contributed by atoms with van der Waals surface area (Å²) < 4.78 is 27.4. The first-order valence-corrected chi connectivity index (χ1v) is 11.2. The predicted molar refractivity (Wildman–Crippen MR) is 103 cm³/mol. The van der Waals surface area contributed by atoms with Crippen molar-refractivity contribution in [3.05, 3.63) is 27.4 Å². The van der Waals surface area contributed by atoms with Crippen LogP contribution in [0.2, 0.25) is 0 Å². The number of likely N-dealkylation sites (tertiary alicyclic amines) is 1. The van der Waals surface area contributed by atoms with Gasteiger partial charge in [0.2, 0.25) is 5.91 Å². The van der Waals surface area contributed by atoms with Crippen molar-refractivity contribution in [3.8, 4) is 0 Å². The van der Waals surface area contributed by atoms with Gasteiger partial charge in [-0.1, -0.05) is 6.92 Å². The number of hydrogen-bond donors (Lipinski definition) is 1. The molecule has 2 fully saturated rings. The quantitative estimate of drug-likeness (QED) is 0.767. The summed E-state index contributed by atoms with van der Waals surface area (Å²) in [4.78, 5) is 34.7. The Morgan fingerprint density at radius 2 is 2.00 bits per heavy atom. The van der Waals surface area contributed by atoms with Gasteiger partial charge in [0.25, 0.3) is 15.8 Å². The number of fused-ring (bicyclic) bond motifs is 1. The summed E-state index contributed by atoms with van der Waals surface area (Å²) in [5, 5.41) is 0. The summed E-state index contributed by atoms with van der Waals surface area (Å²) in [6.45, 7) is 3.08. The lowest BCUT2D eigenvalue weighted by Gasteiger charge is -2.30. The van der Waals surface area contributed by atoms with Crippen LogP contribution in [0.15, 0.2) is 4.79 Å². The average molecular weight is 410 g/mol. The van der Waals surface area contributed by atoms with Crippen molar-refractivity contribution in [1.29, 1.82) is 0 Å². The van der Waals surface area contributed by atoms with Crippen LogP contribution in [0.5, 0.6) is 0 Å². The van der Waals surface area contributed by atoms with Gasteiger partial charge in [-0.25, -0.2) is 4.98 Å². The lowest BCUT2D eigenvalue weighted by atomic mass is 10.1. The molecule has 3 aliphatic rings. The molecule has 1 N–H and O–H groups in total. The van der Waals surface area contributed by atoms with Crippen LogP contribution in [0.1, 0.15) is 49.3 Å². The number of nitrogens with zero attached hydrogens (tertiary/aromatic N) is 4. The average Bonchev–Trinajstić information content (AvgIpc) is 3.18. The molecular formula is C18H27N5O4S. The summed E-state index contributed by atoms with van der Waals surface area (Å²) in [5.41, 5.74) is 0.816. The van der Waals surface area contributed by atoms with E-state index in [2.05, 4.69) is 16.9 Å². The van der Waals surface area contributed by atoms with E-state index in [4.69, 9.17) is 0 Å². The number of H-pyrrole nitrogens is 1. The van der Waals surface area contributed by atoms with Crippen molar-refractivity contribution in [3.63, 3.8) is 0 Å². The van der Waals surface area contributed by atoms with Crippen LogP contribution < -0.4 is 5.56 Å². The van der Waals surface area contributed by atoms with Gasteiger partial charge in [0.1, 0.15) is 5.82 Å².